The molecule has 0 aliphatic rings. The van der Waals surface area contributed by atoms with Crippen molar-refractivity contribution in [3.05, 3.63) is 57.1 Å². The van der Waals surface area contributed by atoms with Gasteiger partial charge < -0.3 is 9.84 Å². The van der Waals surface area contributed by atoms with Crippen molar-refractivity contribution in [1.29, 1.82) is 0 Å². The summed E-state index contributed by atoms with van der Waals surface area (Å²) >= 11 is 12.2. The highest BCUT2D eigenvalue weighted by Crippen LogP contribution is 2.35. The molecule has 0 aliphatic heterocycles. The van der Waals surface area contributed by atoms with E-state index in [1.54, 1.807) is 25.1 Å². The van der Waals surface area contributed by atoms with Crippen LogP contribution in [0.2, 0.25) is 10.0 Å². The first-order valence-electron chi connectivity index (χ1n) is 6.30. The standard InChI is InChI=1S/C16H16Cl2O2/c1-9-6-13(17)7-10(2)16(9)20-15-5-4-12(11(3)19)8-14(15)18/h4-8,11,19H,1-3H3/t11-/m0/s1. The van der Waals surface area contributed by atoms with Crippen LogP contribution < -0.4 is 4.74 Å². The first-order chi connectivity index (χ1) is 9.38. The molecule has 0 aliphatic carbocycles. The summed E-state index contributed by atoms with van der Waals surface area (Å²) in [5, 5.41) is 10.7. The molecule has 106 valence electrons. The summed E-state index contributed by atoms with van der Waals surface area (Å²) in [5.74, 6) is 1.31. The van der Waals surface area contributed by atoms with Gasteiger partial charge in [0, 0.05) is 5.02 Å². The lowest BCUT2D eigenvalue weighted by atomic mass is 10.1. The van der Waals surface area contributed by atoms with Crippen LogP contribution in [0.25, 0.3) is 0 Å². The lowest BCUT2D eigenvalue weighted by Gasteiger charge is -2.14. The zero-order valence-corrected chi connectivity index (χ0v) is 13.1. The summed E-state index contributed by atoms with van der Waals surface area (Å²) in [4.78, 5) is 0. The average Bonchev–Trinajstić information content (AvgIpc) is 2.34. The fraction of sp³-hybridized carbons (Fsp3) is 0.250. The normalized spacial score (nSPS) is 12.3. The van der Waals surface area contributed by atoms with Gasteiger partial charge in [0.05, 0.1) is 11.1 Å². The van der Waals surface area contributed by atoms with E-state index in [1.807, 2.05) is 26.0 Å². The van der Waals surface area contributed by atoms with Crippen LogP contribution in [-0.4, -0.2) is 5.11 Å². The fourth-order valence-electron chi connectivity index (χ4n) is 2.03. The second-order valence-corrected chi connectivity index (χ2v) is 5.68. The number of benzene rings is 2. The van der Waals surface area contributed by atoms with Gasteiger partial charge in [0.15, 0.2) is 0 Å². The third-order valence-corrected chi connectivity index (χ3v) is 3.59. The Labute approximate surface area is 128 Å². The van der Waals surface area contributed by atoms with E-state index in [0.29, 0.717) is 15.8 Å². The smallest absolute Gasteiger partial charge is 0.146 e. The van der Waals surface area contributed by atoms with Gasteiger partial charge in [-0.1, -0.05) is 29.3 Å². The highest BCUT2D eigenvalue weighted by molar-refractivity contribution is 6.32. The second kappa shape index (κ2) is 6.04. The molecule has 0 amide bonds. The molecule has 2 nitrogen and oxygen atoms in total. The molecule has 2 rings (SSSR count). The lowest BCUT2D eigenvalue weighted by molar-refractivity contribution is 0.199. The molecule has 1 N–H and O–H groups in total. The quantitative estimate of drug-likeness (QED) is 0.816. The zero-order valence-electron chi connectivity index (χ0n) is 11.6. The average molecular weight is 311 g/mol. The molecular weight excluding hydrogens is 295 g/mol. The maximum atomic E-state index is 9.53. The van der Waals surface area contributed by atoms with Gasteiger partial charge in [-0.15, -0.1) is 0 Å². The van der Waals surface area contributed by atoms with Gasteiger partial charge in [0.25, 0.3) is 0 Å². The van der Waals surface area contributed by atoms with Crippen molar-refractivity contribution in [2.24, 2.45) is 0 Å². The number of hydrogen-bond donors (Lipinski definition) is 1. The van der Waals surface area contributed by atoms with E-state index in [-0.39, 0.29) is 0 Å². The minimum absolute atomic E-state index is 0.470. The minimum atomic E-state index is -0.555. The molecule has 4 heteroatoms. The summed E-state index contributed by atoms with van der Waals surface area (Å²) < 4.78 is 5.89. The molecule has 0 fully saturated rings. The largest absolute Gasteiger partial charge is 0.455 e. The molecule has 1 atom stereocenters. The SMILES string of the molecule is Cc1cc(Cl)cc(C)c1Oc1ccc([C@H](C)O)cc1Cl. The maximum absolute atomic E-state index is 9.53. The van der Waals surface area contributed by atoms with Crippen LogP contribution in [0.4, 0.5) is 0 Å². The van der Waals surface area contributed by atoms with Crippen LogP contribution in [-0.2, 0) is 0 Å². The van der Waals surface area contributed by atoms with E-state index >= 15 is 0 Å². The van der Waals surface area contributed by atoms with Crippen molar-refractivity contribution >= 4 is 23.2 Å². The van der Waals surface area contributed by atoms with E-state index in [0.717, 1.165) is 22.4 Å². The summed E-state index contributed by atoms with van der Waals surface area (Å²) in [5.41, 5.74) is 2.66. The Morgan fingerprint density at radius 1 is 1.05 bits per heavy atom. The van der Waals surface area contributed by atoms with E-state index < -0.39 is 6.10 Å². The summed E-state index contributed by atoms with van der Waals surface area (Å²) in [6.45, 7) is 5.57. The van der Waals surface area contributed by atoms with Gasteiger partial charge in [-0.3, -0.25) is 0 Å². The predicted octanol–water partition coefficient (Wildman–Crippen LogP) is 5.46. The van der Waals surface area contributed by atoms with Crippen LogP contribution in [0, 0.1) is 13.8 Å². The van der Waals surface area contributed by atoms with E-state index in [9.17, 15) is 5.11 Å². The Balaban J connectivity index is 2.36. The number of ether oxygens (including phenoxy) is 1. The molecule has 2 aromatic rings. The van der Waals surface area contributed by atoms with Crippen LogP contribution in [0.3, 0.4) is 0 Å². The molecule has 20 heavy (non-hydrogen) atoms. The number of rotatable bonds is 3. The van der Waals surface area contributed by atoms with Gasteiger partial charge in [-0.05, 0) is 61.7 Å². The van der Waals surface area contributed by atoms with Crippen LogP contribution >= 0.6 is 23.2 Å². The van der Waals surface area contributed by atoms with E-state index in [4.69, 9.17) is 27.9 Å². The molecule has 0 unspecified atom stereocenters. The Morgan fingerprint density at radius 2 is 1.65 bits per heavy atom. The Morgan fingerprint density at radius 3 is 2.15 bits per heavy atom. The predicted molar refractivity (Wildman–Crippen MR) is 83.1 cm³/mol. The molecule has 0 heterocycles. The first-order valence-corrected chi connectivity index (χ1v) is 7.06. The molecule has 2 aromatic carbocycles. The molecule has 0 radical (unpaired) electrons. The highest BCUT2D eigenvalue weighted by atomic mass is 35.5. The van der Waals surface area contributed by atoms with Gasteiger partial charge in [-0.25, -0.2) is 0 Å². The topological polar surface area (TPSA) is 29.5 Å². The van der Waals surface area contributed by atoms with Gasteiger partial charge in [-0.2, -0.15) is 0 Å². The van der Waals surface area contributed by atoms with Crippen molar-refractivity contribution in [2.45, 2.75) is 26.9 Å². The fourth-order valence-corrected chi connectivity index (χ4v) is 2.58. The summed E-state index contributed by atoms with van der Waals surface area (Å²) in [7, 11) is 0. The monoisotopic (exact) mass is 310 g/mol. The van der Waals surface area contributed by atoms with Crippen LogP contribution in [0.5, 0.6) is 11.5 Å². The van der Waals surface area contributed by atoms with Crippen LogP contribution in [0.1, 0.15) is 29.7 Å². The van der Waals surface area contributed by atoms with Crippen LogP contribution in [0.15, 0.2) is 30.3 Å². The lowest BCUT2D eigenvalue weighted by Crippen LogP contribution is -1.94. The number of halogens is 2. The van der Waals surface area contributed by atoms with Crippen molar-refractivity contribution < 1.29 is 9.84 Å². The molecule has 0 saturated heterocycles. The van der Waals surface area contributed by atoms with Gasteiger partial charge in [0.1, 0.15) is 11.5 Å². The Hall–Kier alpha value is -1.22. The molecule has 0 aromatic heterocycles. The Kier molecular flexibility index (Phi) is 4.59. The first kappa shape index (κ1) is 15.2. The zero-order chi connectivity index (χ0) is 14.9. The van der Waals surface area contributed by atoms with Gasteiger partial charge in [0.2, 0.25) is 0 Å². The van der Waals surface area contributed by atoms with E-state index in [1.165, 1.54) is 0 Å². The number of hydrogen-bond acceptors (Lipinski definition) is 2. The number of aliphatic hydroxyl groups excluding tert-OH is 1. The maximum Gasteiger partial charge on any atom is 0.146 e. The van der Waals surface area contributed by atoms with Gasteiger partial charge >= 0.3 is 0 Å². The second-order valence-electron chi connectivity index (χ2n) is 4.84. The summed E-state index contributed by atoms with van der Waals surface area (Å²) in [6, 6.07) is 8.97. The van der Waals surface area contributed by atoms with E-state index in [2.05, 4.69) is 0 Å². The third kappa shape index (κ3) is 3.26. The molecule has 0 saturated carbocycles. The molecular formula is C16H16Cl2O2. The minimum Gasteiger partial charge on any atom is -0.455 e. The Bertz CT molecular complexity index is 613. The molecule has 0 spiro atoms. The van der Waals surface area contributed by atoms with Crippen molar-refractivity contribution in [3.8, 4) is 11.5 Å². The number of aryl methyl sites for hydroxylation is 2. The van der Waals surface area contributed by atoms with Crippen molar-refractivity contribution in [1.82, 2.24) is 0 Å². The molecule has 0 bridgehead atoms. The number of aliphatic hydroxyl groups is 1. The highest BCUT2D eigenvalue weighted by Gasteiger charge is 2.11. The summed E-state index contributed by atoms with van der Waals surface area (Å²) in [6.07, 6.45) is -0.555. The van der Waals surface area contributed by atoms with Crippen molar-refractivity contribution in [2.75, 3.05) is 0 Å². The third-order valence-electron chi connectivity index (χ3n) is 3.08. The van der Waals surface area contributed by atoms with Crippen molar-refractivity contribution in [3.63, 3.8) is 0 Å².